The summed E-state index contributed by atoms with van der Waals surface area (Å²) in [5.41, 5.74) is 5.10. The smallest absolute Gasteiger partial charge is 0.142 e. The average molecular weight is 106 g/mol. The lowest BCUT2D eigenvalue weighted by molar-refractivity contribution is 0.230. The number of hydrogen-bond acceptors (Lipinski definition) is 2. The molecule has 0 atom stereocenters. The minimum absolute atomic E-state index is 0.406. The van der Waals surface area contributed by atoms with Gasteiger partial charge in [-0.25, -0.2) is 4.39 Å². The summed E-state index contributed by atoms with van der Waals surface area (Å²) in [6, 6.07) is 0. The molecule has 0 aliphatic carbocycles. The largest absolute Gasteiger partial charge is 0.329 e. The second kappa shape index (κ2) is 4.02. The van der Waals surface area contributed by atoms with Crippen molar-refractivity contribution >= 4 is 0 Å². The maximum Gasteiger partial charge on any atom is 0.142 e. The van der Waals surface area contributed by atoms with Crippen molar-refractivity contribution in [2.45, 2.75) is 0 Å². The van der Waals surface area contributed by atoms with Crippen LogP contribution in [0.15, 0.2) is 0 Å². The molecule has 2 N–H and O–H groups in total. The lowest BCUT2D eigenvalue weighted by atomic mass is 10.6. The van der Waals surface area contributed by atoms with E-state index < -0.39 is 6.80 Å². The van der Waals surface area contributed by atoms with E-state index in [1.807, 2.05) is 0 Å². The number of rotatable bonds is 3. The Morgan fingerprint density at radius 3 is 2.43 bits per heavy atom. The fourth-order valence-corrected chi connectivity index (χ4v) is 0.280. The van der Waals surface area contributed by atoms with E-state index in [-0.39, 0.29) is 0 Å². The summed E-state index contributed by atoms with van der Waals surface area (Å²) in [5.74, 6) is 0. The summed E-state index contributed by atoms with van der Waals surface area (Å²) in [7, 11) is 1.69. The topological polar surface area (TPSA) is 29.3 Å². The van der Waals surface area contributed by atoms with Crippen LogP contribution in [0.2, 0.25) is 0 Å². The van der Waals surface area contributed by atoms with E-state index in [4.69, 9.17) is 5.73 Å². The number of alkyl halides is 1. The Balaban J connectivity index is 2.83. The van der Waals surface area contributed by atoms with E-state index in [0.717, 1.165) is 0 Å². The van der Waals surface area contributed by atoms with Gasteiger partial charge in [-0.1, -0.05) is 0 Å². The van der Waals surface area contributed by atoms with Crippen LogP contribution >= 0.6 is 0 Å². The molecule has 44 valence electrons. The fraction of sp³-hybridized carbons (Fsp3) is 1.00. The van der Waals surface area contributed by atoms with Crippen molar-refractivity contribution in [3.63, 3.8) is 0 Å². The number of hydrogen-bond donors (Lipinski definition) is 1. The zero-order valence-corrected chi connectivity index (χ0v) is 4.52. The highest BCUT2D eigenvalue weighted by atomic mass is 19.1. The van der Waals surface area contributed by atoms with Gasteiger partial charge in [-0.2, -0.15) is 0 Å². The first-order valence-corrected chi connectivity index (χ1v) is 2.26. The van der Waals surface area contributed by atoms with E-state index in [1.54, 1.807) is 7.05 Å². The Labute approximate surface area is 43.1 Å². The first-order valence-electron chi connectivity index (χ1n) is 2.26. The predicted molar refractivity (Wildman–Crippen MR) is 27.7 cm³/mol. The first kappa shape index (κ1) is 6.85. The van der Waals surface area contributed by atoms with Gasteiger partial charge < -0.3 is 5.73 Å². The van der Waals surface area contributed by atoms with Gasteiger partial charge in [0.1, 0.15) is 6.80 Å². The first-order chi connectivity index (χ1) is 3.31. The Morgan fingerprint density at radius 1 is 1.71 bits per heavy atom. The second-order valence-electron chi connectivity index (χ2n) is 1.49. The Morgan fingerprint density at radius 2 is 2.29 bits per heavy atom. The molecule has 0 saturated heterocycles. The summed E-state index contributed by atoms with van der Waals surface area (Å²) in [6.07, 6.45) is 0. The summed E-state index contributed by atoms with van der Waals surface area (Å²) < 4.78 is 11.4. The summed E-state index contributed by atoms with van der Waals surface area (Å²) in [6.45, 7) is 0.758. The molecule has 0 bridgehead atoms. The van der Waals surface area contributed by atoms with Crippen molar-refractivity contribution in [3.05, 3.63) is 0 Å². The molecule has 0 aliphatic rings. The van der Waals surface area contributed by atoms with E-state index >= 15 is 0 Å². The Bertz CT molecular complexity index is 40.7. The zero-order chi connectivity index (χ0) is 5.70. The molecule has 7 heavy (non-hydrogen) atoms. The standard InChI is InChI=1S/C4H11FN2/c1-7(4-5)3-2-6/h2-4,6H2,1H3. The molecule has 0 radical (unpaired) electrons. The van der Waals surface area contributed by atoms with Gasteiger partial charge >= 0.3 is 0 Å². The predicted octanol–water partition coefficient (Wildman–Crippen LogP) is -0.196. The van der Waals surface area contributed by atoms with Gasteiger partial charge in [0.15, 0.2) is 0 Å². The maximum absolute atomic E-state index is 11.4. The summed E-state index contributed by atoms with van der Waals surface area (Å²) >= 11 is 0. The van der Waals surface area contributed by atoms with Crippen LogP contribution in [0.5, 0.6) is 0 Å². The van der Waals surface area contributed by atoms with Gasteiger partial charge in [0.25, 0.3) is 0 Å². The molecule has 0 aromatic carbocycles. The van der Waals surface area contributed by atoms with E-state index in [2.05, 4.69) is 0 Å². The molecular weight excluding hydrogens is 95.1 g/mol. The van der Waals surface area contributed by atoms with E-state index in [9.17, 15) is 4.39 Å². The third kappa shape index (κ3) is 3.69. The van der Waals surface area contributed by atoms with Crippen molar-refractivity contribution in [2.24, 2.45) is 5.73 Å². The zero-order valence-electron chi connectivity index (χ0n) is 4.52. The fourth-order valence-electron chi connectivity index (χ4n) is 0.280. The van der Waals surface area contributed by atoms with Gasteiger partial charge in [0.05, 0.1) is 0 Å². The molecule has 0 amide bonds. The van der Waals surface area contributed by atoms with Crippen LogP contribution in [-0.4, -0.2) is 31.8 Å². The molecule has 0 aromatic heterocycles. The Hall–Kier alpha value is -0.150. The van der Waals surface area contributed by atoms with Gasteiger partial charge in [-0.15, -0.1) is 0 Å². The van der Waals surface area contributed by atoms with Gasteiger partial charge in [0, 0.05) is 13.1 Å². The van der Waals surface area contributed by atoms with Gasteiger partial charge in [0.2, 0.25) is 0 Å². The highest BCUT2D eigenvalue weighted by Crippen LogP contribution is 1.76. The lowest BCUT2D eigenvalue weighted by Crippen LogP contribution is -2.24. The van der Waals surface area contributed by atoms with Crippen LogP contribution in [-0.2, 0) is 0 Å². The molecule has 0 heterocycles. The molecule has 0 fully saturated rings. The van der Waals surface area contributed by atoms with E-state index in [0.29, 0.717) is 13.1 Å². The van der Waals surface area contributed by atoms with Crippen molar-refractivity contribution in [1.82, 2.24) is 4.90 Å². The van der Waals surface area contributed by atoms with Gasteiger partial charge in [-0.3, -0.25) is 4.90 Å². The van der Waals surface area contributed by atoms with Crippen LogP contribution in [0.4, 0.5) is 4.39 Å². The molecule has 0 aliphatic heterocycles. The van der Waals surface area contributed by atoms with Crippen LogP contribution in [0.25, 0.3) is 0 Å². The third-order valence-corrected chi connectivity index (χ3v) is 0.715. The monoisotopic (exact) mass is 106 g/mol. The molecule has 3 heteroatoms. The summed E-state index contributed by atoms with van der Waals surface area (Å²) in [4.78, 5) is 1.51. The summed E-state index contributed by atoms with van der Waals surface area (Å²) in [5, 5.41) is 0. The average Bonchev–Trinajstić information content (AvgIpc) is 1.68. The van der Waals surface area contributed by atoms with Crippen molar-refractivity contribution in [1.29, 1.82) is 0 Å². The lowest BCUT2D eigenvalue weighted by Gasteiger charge is -2.07. The molecule has 0 spiro atoms. The number of nitrogens with zero attached hydrogens (tertiary/aromatic N) is 1. The van der Waals surface area contributed by atoms with Crippen LogP contribution in [0, 0.1) is 0 Å². The number of nitrogens with two attached hydrogens (primary N) is 1. The minimum Gasteiger partial charge on any atom is -0.329 e. The van der Waals surface area contributed by atoms with Crippen LogP contribution < -0.4 is 5.73 Å². The Kier molecular flexibility index (Phi) is 3.93. The van der Waals surface area contributed by atoms with E-state index in [1.165, 1.54) is 4.90 Å². The van der Waals surface area contributed by atoms with Crippen molar-refractivity contribution < 1.29 is 4.39 Å². The maximum atomic E-state index is 11.4. The number of halogens is 1. The number of likely N-dealkylation sites (N-methyl/N-ethyl adjacent to an activating group) is 1. The molecule has 0 saturated carbocycles. The molecular formula is C4H11FN2. The normalized spacial score (nSPS) is 10.3. The molecule has 0 rings (SSSR count). The highest BCUT2D eigenvalue weighted by Gasteiger charge is 1.89. The molecule has 0 unspecified atom stereocenters. The van der Waals surface area contributed by atoms with Gasteiger partial charge in [-0.05, 0) is 7.05 Å². The van der Waals surface area contributed by atoms with Crippen LogP contribution in [0.3, 0.4) is 0 Å². The molecule has 0 aromatic rings. The highest BCUT2D eigenvalue weighted by molar-refractivity contribution is 4.41. The second-order valence-corrected chi connectivity index (χ2v) is 1.49. The SMILES string of the molecule is CN(CF)CCN. The third-order valence-electron chi connectivity index (χ3n) is 0.715. The quantitative estimate of drug-likeness (QED) is 0.505. The van der Waals surface area contributed by atoms with Crippen molar-refractivity contribution in [3.8, 4) is 0 Å². The van der Waals surface area contributed by atoms with Crippen molar-refractivity contribution in [2.75, 3.05) is 26.9 Å². The minimum atomic E-state index is -0.406. The molecule has 2 nitrogen and oxygen atoms in total. The van der Waals surface area contributed by atoms with Crippen LogP contribution in [0.1, 0.15) is 0 Å².